The van der Waals surface area contributed by atoms with Crippen LogP contribution in [0, 0.1) is 5.82 Å². The molecule has 2 aromatic carbocycles. The Balaban J connectivity index is 2.25. The highest BCUT2D eigenvalue weighted by Crippen LogP contribution is 2.23. The summed E-state index contributed by atoms with van der Waals surface area (Å²) in [5.74, 6) is -1.38. The molecule has 0 saturated heterocycles. The number of halogens is 2. The first-order chi connectivity index (χ1) is 8.97. The quantitative estimate of drug-likeness (QED) is 0.585. The average Bonchev–Trinajstić information content (AvgIpc) is 2.37. The number of rotatable bonds is 2. The second kappa shape index (κ2) is 5.16. The van der Waals surface area contributed by atoms with Gasteiger partial charge in [-0.1, -0.05) is 11.6 Å². The number of nitrogens with one attached hydrogen (secondary N) is 1. The van der Waals surface area contributed by atoms with Crippen LogP contribution < -0.4 is 11.1 Å². The van der Waals surface area contributed by atoms with E-state index in [1.54, 1.807) is 0 Å². The van der Waals surface area contributed by atoms with Crippen molar-refractivity contribution in [1.29, 1.82) is 0 Å². The number of benzene rings is 2. The molecule has 98 valence electrons. The Kier molecular flexibility index (Phi) is 3.57. The smallest absolute Gasteiger partial charge is 0.255 e. The number of carbonyl (C=O) groups excluding carboxylic acids is 1. The lowest BCUT2D eigenvalue weighted by atomic mass is 10.1. The summed E-state index contributed by atoms with van der Waals surface area (Å²) in [6, 6.07) is 7.84. The molecule has 0 atom stereocenters. The number of anilines is 2. The summed E-state index contributed by atoms with van der Waals surface area (Å²) in [7, 11) is 0. The van der Waals surface area contributed by atoms with Gasteiger partial charge in [0, 0.05) is 10.6 Å². The van der Waals surface area contributed by atoms with E-state index in [1.807, 2.05) is 0 Å². The minimum atomic E-state index is -0.600. The number of hydrogen-bond acceptors (Lipinski definition) is 3. The van der Waals surface area contributed by atoms with Crippen molar-refractivity contribution < 1.29 is 14.3 Å². The number of phenolic OH excluding ortho intramolecular Hbond substituents is 1. The van der Waals surface area contributed by atoms with Crippen LogP contribution in [0.4, 0.5) is 15.8 Å². The summed E-state index contributed by atoms with van der Waals surface area (Å²) in [6.07, 6.45) is 0. The number of nitrogen functional groups attached to an aromatic ring is 1. The van der Waals surface area contributed by atoms with Crippen molar-refractivity contribution in [2.24, 2.45) is 0 Å². The van der Waals surface area contributed by atoms with Gasteiger partial charge < -0.3 is 16.2 Å². The highest BCUT2D eigenvalue weighted by Gasteiger charge is 2.11. The summed E-state index contributed by atoms with van der Waals surface area (Å²) in [4.78, 5) is 11.9. The lowest BCUT2D eigenvalue weighted by Crippen LogP contribution is -2.13. The molecule has 19 heavy (non-hydrogen) atoms. The molecule has 0 aliphatic heterocycles. The molecule has 0 aliphatic rings. The molecule has 2 rings (SSSR count). The highest BCUT2D eigenvalue weighted by molar-refractivity contribution is 6.31. The van der Waals surface area contributed by atoms with Gasteiger partial charge in [-0.3, -0.25) is 4.79 Å². The number of phenols is 1. The standard InChI is InChI=1S/C13H10ClFN2O2/c14-8-2-3-9(15)11(6-8)17-13(19)7-1-4-10(16)12(18)5-7/h1-6,18H,16H2,(H,17,19). The molecule has 0 aromatic heterocycles. The van der Waals surface area contributed by atoms with Crippen LogP contribution in [-0.4, -0.2) is 11.0 Å². The van der Waals surface area contributed by atoms with Gasteiger partial charge in [0.15, 0.2) is 0 Å². The van der Waals surface area contributed by atoms with Crippen molar-refractivity contribution in [3.63, 3.8) is 0 Å². The zero-order valence-corrected chi connectivity index (χ0v) is 10.4. The Morgan fingerprint density at radius 3 is 2.68 bits per heavy atom. The van der Waals surface area contributed by atoms with Crippen molar-refractivity contribution in [2.75, 3.05) is 11.1 Å². The van der Waals surface area contributed by atoms with E-state index in [1.165, 1.54) is 30.3 Å². The van der Waals surface area contributed by atoms with Crippen molar-refractivity contribution >= 4 is 28.9 Å². The molecular formula is C13H10ClFN2O2. The second-order valence-electron chi connectivity index (χ2n) is 3.85. The van der Waals surface area contributed by atoms with Gasteiger partial charge in [0.25, 0.3) is 5.91 Å². The maximum Gasteiger partial charge on any atom is 0.255 e. The molecule has 1 amide bonds. The first-order valence-electron chi connectivity index (χ1n) is 5.32. The number of carbonyl (C=O) groups is 1. The van der Waals surface area contributed by atoms with E-state index in [4.69, 9.17) is 17.3 Å². The summed E-state index contributed by atoms with van der Waals surface area (Å²) in [6.45, 7) is 0. The normalized spacial score (nSPS) is 10.2. The first-order valence-corrected chi connectivity index (χ1v) is 5.70. The molecule has 0 unspecified atom stereocenters. The van der Waals surface area contributed by atoms with Crippen LogP contribution in [0.15, 0.2) is 36.4 Å². The number of nitrogens with two attached hydrogens (primary N) is 1. The van der Waals surface area contributed by atoms with E-state index in [0.717, 1.165) is 6.07 Å². The van der Waals surface area contributed by atoms with E-state index >= 15 is 0 Å². The van der Waals surface area contributed by atoms with E-state index < -0.39 is 11.7 Å². The molecule has 0 aliphatic carbocycles. The average molecular weight is 281 g/mol. The minimum Gasteiger partial charge on any atom is -0.506 e. The topological polar surface area (TPSA) is 75.4 Å². The van der Waals surface area contributed by atoms with Crippen LogP contribution in [0.3, 0.4) is 0 Å². The predicted octanol–water partition coefficient (Wildman–Crippen LogP) is 3.02. The van der Waals surface area contributed by atoms with Crippen LogP contribution in [-0.2, 0) is 0 Å². The number of aromatic hydroxyl groups is 1. The third-order valence-corrected chi connectivity index (χ3v) is 2.70. The Hall–Kier alpha value is -2.27. The first kappa shape index (κ1) is 13.2. The molecular weight excluding hydrogens is 271 g/mol. The van der Waals surface area contributed by atoms with Crippen molar-refractivity contribution in [3.05, 3.63) is 52.8 Å². The van der Waals surface area contributed by atoms with Gasteiger partial charge in [-0.15, -0.1) is 0 Å². The molecule has 0 bridgehead atoms. The van der Waals surface area contributed by atoms with Crippen molar-refractivity contribution in [1.82, 2.24) is 0 Å². The number of hydrogen-bond donors (Lipinski definition) is 3. The molecule has 0 spiro atoms. The molecule has 2 aromatic rings. The van der Waals surface area contributed by atoms with Gasteiger partial charge in [-0.05, 0) is 36.4 Å². The molecule has 0 fully saturated rings. The van der Waals surface area contributed by atoms with Crippen LogP contribution >= 0.6 is 11.6 Å². The zero-order chi connectivity index (χ0) is 14.0. The lowest BCUT2D eigenvalue weighted by Gasteiger charge is -2.08. The zero-order valence-electron chi connectivity index (χ0n) is 9.65. The Bertz CT molecular complexity index is 647. The van der Waals surface area contributed by atoms with E-state index in [-0.39, 0.29) is 22.7 Å². The van der Waals surface area contributed by atoms with Gasteiger partial charge in [0.2, 0.25) is 0 Å². The lowest BCUT2D eigenvalue weighted by molar-refractivity contribution is 0.102. The van der Waals surface area contributed by atoms with Crippen LogP contribution in [0.1, 0.15) is 10.4 Å². The van der Waals surface area contributed by atoms with Gasteiger partial charge in [-0.25, -0.2) is 4.39 Å². The third kappa shape index (κ3) is 2.95. The number of amides is 1. The fraction of sp³-hybridized carbons (Fsp3) is 0. The molecule has 0 saturated carbocycles. The molecule has 0 radical (unpaired) electrons. The van der Waals surface area contributed by atoms with E-state index in [2.05, 4.69) is 5.32 Å². The summed E-state index contributed by atoms with van der Waals surface area (Å²) in [5.41, 5.74) is 5.71. The van der Waals surface area contributed by atoms with Gasteiger partial charge in [0.05, 0.1) is 11.4 Å². The van der Waals surface area contributed by atoms with Crippen molar-refractivity contribution in [2.45, 2.75) is 0 Å². The fourth-order valence-corrected chi connectivity index (χ4v) is 1.64. The molecule has 6 heteroatoms. The summed E-state index contributed by atoms with van der Waals surface area (Å²) >= 11 is 5.72. The second-order valence-corrected chi connectivity index (χ2v) is 4.29. The summed E-state index contributed by atoms with van der Waals surface area (Å²) in [5, 5.41) is 12.1. The predicted molar refractivity (Wildman–Crippen MR) is 71.9 cm³/mol. The Morgan fingerprint density at radius 1 is 1.26 bits per heavy atom. The maximum atomic E-state index is 13.4. The highest BCUT2D eigenvalue weighted by atomic mass is 35.5. The molecule has 0 heterocycles. The van der Waals surface area contributed by atoms with Gasteiger partial charge >= 0.3 is 0 Å². The SMILES string of the molecule is Nc1ccc(C(=O)Nc2cc(Cl)ccc2F)cc1O. The van der Waals surface area contributed by atoms with E-state index in [0.29, 0.717) is 5.02 Å². The van der Waals surface area contributed by atoms with E-state index in [9.17, 15) is 14.3 Å². The molecule has 4 N–H and O–H groups in total. The minimum absolute atomic E-state index is 0.0335. The third-order valence-electron chi connectivity index (χ3n) is 2.47. The van der Waals surface area contributed by atoms with Gasteiger partial charge in [0.1, 0.15) is 11.6 Å². The van der Waals surface area contributed by atoms with Crippen LogP contribution in [0.2, 0.25) is 5.02 Å². The monoisotopic (exact) mass is 280 g/mol. The van der Waals surface area contributed by atoms with Gasteiger partial charge in [-0.2, -0.15) is 0 Å². The Labute approximate surface area is 113 Å². The fourth-order valence-electron chi connectivity index (χ4n) is 1.47. The Morgan fingerprint density at radius 2 is 2.00 bits per heavy atom. The summed E-state index contributed by atoms with van der Waals surface area (Å²) < 4.78 is 13.4. The van der Waals surface area contributed by atoms with Crippen LogP contribution in [0.5, 0.6) is 5.75 Å². The largest absolute Gasteiger partial charge is 0.506 e. The van der Waals surface area contributed by atoms with Crippen LogP contribution in [0.25, 0.3) is 0 Å². The molecule has 4 nitrogen and oxygen atoms in total. The van der Waals surface area contributed by atoms with Crippen molar-refractivity contribution in [3.8, 4) is 5.75 Å². The maximum absolute atomic E-state index is 13.4.